The van der Waals surface area contributed by atoms with Crippen LogP contribution in [0.5, 0.6) is 5.75 Å². The molecule has 0 fully saturated rings. The summed E-state index contributed by atoms with van der Waals surface area (Å²) in [6.07, 6.45) is 4.55. The van der Waals surface area contributed by atoms with Gasteiger partial charge in [-0.05, 0) is 12.1 Å². The van der Waals surface area contributed by atoms with E-state index in [4.69, 9.17) is 9.15 Å². The van der Waals surface area contributed by atoms with Crippen LogP contribution in [0.2, 0.25) is 0 Å². The Kier molecular flexibility index (Phi) is 5.18. The summed E-state index contributed by atoms with van der Waals surface area (Å²) in [6, 6.07) is 5.22. The fraction of sp³-hybridized carbons (Fsp3) is 0.158. The van der Waals surface area contributed by atoms with Gasteiger partial charge in [0.25, 0.3) is 5.89 Å². The molecule has 0 saturated heterocycles. The minimum atomic E-state index is -1.18. The number of aromatic carboxylic acids is 1. The van der Waals surface area contributed by atoms with Crippen LogP contribution < -0.4 is 15.4 Å². The van der Waals surface area contributed by atoms with E-state index in [1.807, 2.05) is 0 Å². The van der Waals surface area contributed by atoms with E-state index in [-0.39, 0.29) is 23.2 Å². The standard InChI is InChI=1S/C19H18N8O4/c1-10-25-26-17(31-10)12-5-4-6-14(15(12)30-3)23-16-13(18(28)29)8-20-19(24-16)22-11-7-21-27(2)9-11/h4-9H,1-3H3,(H,28,29)(H2,20,22,23,24). The van der Waals surface area contributed by atoms with Crippen LogP contribution in [0.15, 0.2) is 41.2 Å². The van der Waals surface area contributed by atoms with E-state index in [2.05, 4.69) is 35.9 Å². The Morgan fingerprint density at radius 3 is 2.71 bits per heavy atom. The highest BCUT2D eigenvalue weighted by Crippen LogP contribution is 2.37. The number of hydrogen-bond acceptors (Lipinski definition) is 10. The molecule has 4 aromatic rings. The molecule has 0 radical (unpaired) electrons. The van der Waals surface area contributed by atoms with Gasteiger partial charge < -0.3 is 24.9 Å². The van der Waals surface area contributed by atoms with Gasteiger partial charge in [-0.25, -0.2) is 9.78 Å². The Morgan fingerprint density at radius 1 is 1.23 bits per heavy atom. The van der Waals surface area contributed by atoms with Crippen molar-refractivity contribution >= 4 is 29.1 Å². The fourth-order valence-electron chi connectivity index (χ4n) is 2.87. The van der Waals surface area contributed by atoms with Gasteiger partial charge in [-0.3, -0.25) is 4.68 Å². The topological polar surface area (TPSA) is 153 Å². The Bertz CT molecular complexity index is 1250. The third-order valence-electron chi connectivity index (χ3n) is 4.21. The first-order chi connectivity index (χ1) is 14.9. The molecule has 0 atom stereocenters. The Labute approximate surface area is 175 Å². The normalized spacial score (nSPS) is 10.7. The second-order valence-electron chi connectivity index (χ2n) is 6.43. The number of carboxylic acids is 1. The molecule has 0 bridgehead atoms. The number of hydrogen-bond donors (Lipinski definition) is 3. The van der Waals surface area contributed by atoms with Gasteiger partial charge in [0.15, 0.2) is 11.6 Å². The van der Waals surface area contributed by atoms with Gasteiger partial charge in [0.05, 0.1) is 30.2 Å². The molecule has 0 aliphatic rings. The molecule has 0 saturated carbocycles. The number of rotatable bonds is 7. The molecule has 4 rings (SSSR count). The average Bonchev–Trinajstić information content (AvgIpc) is 3.35. The summed E-state index contributed by atoms with van der Waals surface area (Å²) >= 11 is 0. The minimum Gasteiger partial charge on any atom is -0.494 e. The average molecular weight is 422 g/mol. The number of nitrogens with zero attached hydrogens (tertiary/aromatic N) is 6. The van der Waals surface area contributed by atoms with E-state index in [9.17, 15) is 9.90 Å². The van der Waals surface area contributed by atoms with Crippen molar-refractivity contribution in [2.24, 2.45) is 7.05 Å². The van der Waals surface area contributed by atoms with E-state index in [0.29, 0.717) is 28.6 Å². The van der Waals surface area contributed by atoms with Gasteiger partial charge in [-0.2, -0.15) is 10.1 Å². The highest BCUT2D eigenvalue weighted by atomic mass is 16.5. The molecule has 0 aliphatic carbocycles. The molecule has 0 spiro atoms. The van der Waals surface area contributed by atoms with Crippen molar-refractivity contribution in [1.82, 2.24) is 29.9 Å². The summed E-state index contributed by atoms with van der Waals surface area (Å²) in [5, 5.41) is 27.5. The maximum absolute atomic E-state index is 11.7. The molecule has 31 heavy (non-hydrogen) atoms. The predicted molar refractivity (Wildman–Crippen MR) is 110 cm³/mol. The lowest BCUT2D eigenvalue weighted by molar-refractivity contribution is 0.0697. The monoisotopic (exact) mass is 422 g/mol. The van der Waals surface area contributed by atoms with Crippen molar-refractivity contribution in [2.75, 3.05) is 17.7 Å². The fourth-order valence-corrected chi connectivity index (χ4v) is 2.87. The van der Waals surface area contributed by atoms with Crippen molar-refractivity contribution in [3.05, 3.63) is 48.2 Å². The Balaban J connectivity index is 1.72. The van der Waals surface area contributed by atoms with Gasteiger partial charge in [-0.1, -0.05) is 6.07 Å². The number of aryl methyl sites for hydroxylation is 2. The first-order valence-electron chi connectivity index (χ1n) is 9.05. The summed E-state index contributed by atoms with van der Waals surface area (Å²) in [5.74, 6) is 0.165. The second kappa shape index (κ2) is 8.10. The summed E-state index contributed by atoms with van der Waals surface area (Å²) in [4.78, 5) is 20.1. The van der Waals surface area contributed by atoms with Gasteiger partial charge in [0.2, 0.25) is 11.8 Å². The molecule has 12 nitrogen and oxygen atoms in total. The third-order valence-corrected chi connectivity index (χ3v) is 4.21. The van der Waals surface area contributed by atoms with E-state index in [0.717, 1.165) is 0 Å². The largest absolute Gasteiger partial charge is 0.494 e. The second-order valence-corrected chi connectivity index (χ2v) is 6.43. The van der Waals surface area contributed by atoms with Crippen LogP contribution in [0.1, 0.15) is 16.2 Å². The maximum atomic E-state index is 11.7. The highest BCUT2D eigenvalue weighted by Gasteiger charge is 2.19. The highest BCUT2D eigenvalue weighted by molar-refractivity contribution is 5.94. The quantitative estimate of drug-likeness (QED) is 0.403. The number of benzene rings is 1. The number of methoxy groups -OCH3 is 1. The number of para-hydroxylation sites is 1. The lowest BCUT2D eigenvalue weighted by Crippen LogP contribution is -2.09. The first kappa shape index (κ1) is 19.8. The summed E-state index contributed by atoms with van der Waals surface area (Å²) in [6.45, 7) is 1.68. The molecule has 158 valence electrons. The summed E-state index contributed by atoms with van der Waals surface area (Å²) in [5.41, 5.74) is 1.55. The molecule has 1 aromatic carbocycles. The predicted octanol–water partition coefficient (Wildman–Crippen LogP) is 2.76. The number of carbonyl (C=O) groups is 1. The molecule has 3 aromatic heterocycles. The molecule has 12 heteroatoms. The van der Waals surface area contributed by atoms with Crippen molar-refractivity contribution < 1.29 is 19.1 Å². The molecule has 3 N–H and O–H groups in total. The lowest BCUT2D eigenvalue weighted by atomic mass is 10.1. The number of ether oxygens (including phenoxy) is 1. The smallest absolute Gasteiger partial charge is 0.341 e. The van der Waals surface area contributed by atoms with Crippen LogP contribution in [0, 0.1) is 6.92 Å². The van der Waals surface area contributed by atoms with E-state index in [1.54, 1.807) is 49.2 Å². The number of carboxylic acid groups (broad SMARTS) is 1. The van der Waals surface area contributed by atoms with Crippen LogP contribution in [0.3, 0.4) is 0 Å². The van der Waals surface area contributed by atoms with Gasteiger partial charge in [0, 0.05) is 26.4 Å². The van der Waals surface area contributed by atoms with E-state index < -0.39 is 5.97 Å². The van der Waals surface area contributed by atoms with Gasteiger partial charge in [0.1, 0.15) is 5.56 Å². The minimum absolute atomic E-state index is 0.0750. The summed E-state index contributed by atoms with van der Waals surface area (Å²) < 4.78 is 12.6. The van der Waals surface area contributed by atoms with Crippen molar-refractivity contribution in [3.8, 4) is 17.2 Å². The van der Waals surface area contributed by atoms with Gasteiger partial charge in [-0.15, -0.1) is 10.2 Å². The number of nitrogens with one attached hydrogen (secondary N) is 2. The number of aromatic nitrogens is 6. The van der Waals surface area contributed by atoms with Crippen molar-refractivity contribution in [3.63, 3.8) is 0 Å². The summed E-state index contributed by atoms with van der Waals surface area (Å²) in [7, 11) is 3.26. The van der Waals surface area contributed by atoms with E-state index in [1.165, 1.54) is 13.3 Å². The molecule has 0 unspecified atom stereocenters. The zero-order chi connectivity index (χ0) is 22.0. The third kappa shape index (κ3) is 4.12. The lowest BCUT2D eigenvalue weighted by Gasteiger charge is -2.15. The Hall–Kier alpha value is -4.48. The molecular weight excluding hydrogens is 404 g/mol. The van der Waals surface area contributed by atoms with Crippen LogP contribution in [-0.2, 0) is 7.05 Å². The molecule has 0 aliphatic heterocycles. The van der Waals surface area contributed by atoms with E-state index >= 15 is 0 Å². The van der Waals surface area contributed by atoms with Crippen LogP contribution in [0.25, 0.3) is 11.5 Å². The van der Waals surface area contributed by atoms with Crippen molar-refractivity contribution in [2.45, 2.75) is 6.92 Å². The van der Waals surface area contributed by atoms with Crippen molar-refractivity contribution in [1.29, 1.82) is 0 Å². The van der Waals surface area contributed by atoms with Crippen LogP contribution >= 0.6 is 0 Å². The maximum Gasteiger partial charge on any atom is 0.341 e. The molecule has 3 heterocycles. The Morgan fingerprint density at radius 2 is 2.06 bits per heavy atom. The zero-order valence-corrected chi connectivity index (χ0v) is 16.8. The van der Waals surface area contributed by atoms with Crippen LogP contribution in [0.4, 0.5) is 23.1 Å². The molecular formula is C19H18N8O4. The number of anilines is 4. The van der Waals surface area contributed by atoms with Crippen LogP contribution in [-0.4, -0.2) is 48.1 Å². The zero-order valence-electron chi connectivity index (χ0n) is 16.8. The van der Waals surface area contributed by atoms with Gasteiger partial charge >= 0.3 is 5.97 Å². The first-order valence-corrected chi connectivity index (χ1v) is 9.05. The molecule has 0 amide bonds. The SMILES string of the molecule is COc1c(Nc2nc(Nc3cnn(C)c3)ncc2C(=O)O)cccc1-c1nnc(C)o1.